The van der Waals surface area contributed by atoms with E-state index in [0.717, 1.165) is 31.5 Å². The monoisotopic (exact) mass is 336 g/mol. The van der Waals surface area contributed by atoms with Gasteiger partial charge in [0.2, 0.25) is 11.8 Å². The molecule has 1 aromatic rings. The lowest BCUT2D eigenvalue weighted by Crippen LogP contribution is -2.47. The number of aromatic nitrogens is 2. The average molecular weight is 336 g/mol. The zero-order chi connectivity index (χ0) is 16.9. The summed E-state index contributed by atoms with van der Waals surface area (Å²) in [7, 11) is 0. The largest absolute Gasteiger partial charge is 0.381 e. The fraction of sp³-hybridized carbons (Fsp3) is 0.824. The van der Waals surface area contributed by atoms with E-state index in [1.165, 1.54) is 19.3 Å². The van der Waals surface area contributed by atoms with Crippen molar-refractivity contribution < 1.29 is 14.1 Å². The molecule has 2 aliphatic rings. The lowest BCUT2D eigenvalue weighted by atomic mass is 9.89. The first-order valence-corrected chi connectivity index (χ1v) is 9.12. The molecule has 0 radical (unpaired) electrons. The van der Waals surface area contributed by atoms with E-state index in [0.29, 0.717) is 25.0 Å². The molecule has 1 amide bonds. The van der Waals surface area contributed by atoms with Crippen LogP contribution in [0, 0.1) is 5.92 Å². The molecular formula is C17H28N4O3. The lowest BCUT2D eigenvalue weighted by Gasteiger charge is -2.27. The van der Waals surface area contributed by atoms with Gasteiger partial charge in [-0.3, -0.25) is 4.79 Å². The van der Waals surface area contributed by atoms with E-state index >= 15 is 0 Å². The molecule has 3 rings (SSSR count). The zero-order valence-electron chi connectivity index (χ0n) is 14.4. The highest BCUT2D eigenvalue weighted by molar-refractivity contribution is 5.82. The number of hydrogen-bond donors (Lipinski definition) is 2. The minimum absolute atomic E-state index is 0.160. The molecule has 1 aliphatic carbocycles. The van der Waals surface area contributed by atoms with Crippen molar-refractivity contribution in [2.75, 3.05) is 13.2 Å². The molecule has 0 aromatic carbocycles. The highest BCUT2D eigenvalue weighted by Gasteiger charge is 2.29. The average Bonchev–Trinajstić information content (AvgIpc) is 3.13. The van der Waals surface area contributed by atoms with Gasteiger partial charge in [0.1, 0.15) is 6.04 Å². The van der Waals surface area contributed by atoms with Gasteiger partial charge in [0, 0.05) is 19.1 Å². The van der Waals surface area contributed by atoms with E-state index in [1.54, 1.807) is 0 Å². The first-order valence-electron chi connectivity index (χ1n) is 9.12. The summed E-state index contributed by atoms with van der Waals surface area (Å²) >= 11 is 0. The van der Waals surface area contributed by atoms with Gasteiger partial charge in [-0.2, -0.15) is 4.98 Å². The van der Waals surface area contributed by atoms with E-state index in [2.05, 4.69) is 15.5 Å². The van der Waals surface area contributed by atoms with Gasteiger partial charge < -0.3 is 20.3 Å². The van der Waals surface area contributed by atoms with Gasteiger partial charge in [0.15, 0.2) is 5.82 Å². The van der Waals surface area contributed by atoms with E-state index in [4.69, 9.17) is 15.0 Å². The van der Waals surface area contributed by atoms with Crippen molar-refractivity contribution >= 4 is 5.91 Å². The number of nitrogens with two attached hydrogens (primary N) is 1. The standard InChI is InChI=1S/C17H28N4O3/c1-11(19-16(22)14(18)12-7-9-23-10-8-12)17-20-15(21-24-17)13-5-3-2-4-6-13/h11-14H,2-10,18H2,1H3,(H,19,22). The Morgan fingerprint density at radius 1 is 1.21 bits per heavy atom. The van der Waals surface area contributed by atoms with Gasteiger partial charge in [-0.05, 0) is 38.5 Å². The van der Waals surface area contributed by atoms with Crippen molar-refractivity contribution in [2.24, 2.45) is 11.7 Å². The molecule has 2 heterocycles. The molecule has 1 aliphatic heterocycles. The van der Waals surface area contributed by atoms with Gasteiger partial charge in [-0.15, -0.1) is 0 Å². The predicted molar refractivity (Wildman–Crippen MR) is 88.2 cm³/mol. The van der Waals surface area contributed by atoms with Crippen LogP contribution in [0.3, 0.4) is 0 Å². The Balaban J connectivity index is 1.55. The van der Waals surface area contributed by atoms with Gasteiger partial charge >= 0.3 is 0 Å². The highest BCUT2D eigenvalue weighted by Crippen LogP contribution is 2.31. The molecule has 7 heteroatoms. The maximum Gasteiger partial charge on any atom is 0.248 e. The second-order valence-corrected chi connectivity index (χ2v) is 7.03. The van der Waals surface area contributed by atoms with Crippen LogP contribution in [0.4, 0.5) is 0 Å². The van der Waals surface area contributed by atoms with Crippen LogP contribution in [0.1, 0.15) is 75.5 Å². The SMILES string of the molecule is CC(NC(=O)C(N)C1CCOCC1)c1nc(C2CCCCC2)no1. The second-order valence-electron chi connectivity index (χ2n) is 7.03. The molecule has 7 nitrogen and oxygen atoms in total. The Labute approximate surface area is 142 Å². The number of carbonyl (C=O) groups is 1. The molecule has 24 heavy (non-hydrogen) atoms. The molecule has 2 fully saturated rings. The molecule has 2 unspecified atom stereocenters. The third-order valence-electron chi connectivity index (χ3n) is 5.23. The normalized spacial score (nSPS) is 22.9. The Morgan fingerprint density at radius 3 is 2.62 bits per heavy atom. The van der Waals surface area contributed by atoms with Crippen molar-refractivity contribution in [1.82, 2.24) is 15.5 Å². The van der Waals surface area contributed by atoms with Crippen LogP contribution >= 0.6 is 0 Å². The first kappa shape index (κ1) is 17.4. The Bertz CT molecular complexity index is 536. The molecule has 1 saturated heterocycles. The molecule has 2 atom stereocenters. The first-order chi connectivity index (χ1) is 11.6. The van der Waals surface area contributed by atoms with Crippen LogP contribution in [-0.2, 0) is 9.53 Å². The Hall–Kier alpha value is -1.47. The minimum Gasteiger partial charge on any atom is -0.381 e. The summed E-state index contributed by atoms with van der Waals surface area (Å²) in [5.41, 5.74) is 6.11. The summed E-state index contributed by atoms with van der Waals surface area (Å²) in [4.78, 5) is 16.9. The Morgan fingerprint density at radius 2 is 1.92 bits per heavy atom. The Kier molecular flexibility index (Phi) is 5.84. The van der Waals surface area contributed by atoms with Crippen molar-refractivity contribution in [1.29, 1.82) is 0 Å². The van der Waals surface area contributed by atoms with Crippen molar-refractivity contribution in [2.45, 2.75) is 69.9 Å². The van der Waals surface area contributed by atoms with Crippen LogP contribution in [0.2, 0.25) is 0 Å². The van der Waals surface area contributed by atoms with Crippen LogP contribution < -0.4 is 11.1 Å². The smallest absolute Gasteiger partial charge is 0.248 e. The summed E-state index contributed by atoms with van der Waals surface area (Å²) in [5, 5.41) is 7.03. The van der Waals surface area contributed by atoms with E-state index in [9.17, 15) is 4.79 Å². The quantitative estimate of drug-likeness (QED) is 0.853. The number of nitrogens with one attached hydrogen (secondary N) is 1. The second kappa shape index (κ2) is 8.07. The highest BCUT2D eigenvalue weighted by atomic mass is 16.5. The topological polar surface area (TPSA) is 103 Å². The number of nitrogens with zero attached hydrogens (tertiary/aromatic N) is 2. The third kappa shape index (κ3) is 4.13. The third-order valence-corrected chi connectivity index (χ3v) is 5.23. The number of carbonyl (C=O) groups excluding carboxylic acids is 1. The molecule has 3 N–H and O–H groups in total. The maximum atomic E-state index is 12.4. The predicted octanol–water partition coefficient (Wildman–Crippen LogP) is 2.05. The van der Waals surface area contributed by atoms with Crippen LogP contribution in [-0.4, -0.2) is 35.3 Å². The zero-order valence-corrected chi connectivity index (χ0v) is 14.4. The van der Waals surface area contributed by atoms with E-state index < -0.39 is 6.04 Å². The number of amides is 1. The van der Waals surface area contributed by atoms with Crippen LogP contribution in [0.25, 0.3) is 0 Å². The maximum absolute atomic E-state index is 12.4. The molecule has 0 bridgehead atoms. The molecular weight excluding hydrogens is 308 g/mol. The van der Waals surface area contributed by atoms with Gasteiger partial charge in [0.05, 0.1) is 6.04 Å². The van der Waals surface area contributed by atoms with Crippen molar-refractivity contribution in [3.8, 4) is 0 Å². The summed E-state index contributed by atoms with van der Waals surface area (Å²) in [6.45, 7) is 3.21. The number of ether oxygens (including phenoxy) is 1. The fourth-order valence-corrected chi connectivity index (χ4v) is 3.61. The molecule has 1 aromatic heterocycles. The fourth-order valence-electron chi connectivity index (χ4n) is 3.61. The minimum atomic E-state index is -0.517. The molecule has 134 valence electrons. The molecule has 0 spiro atoms. The van der Waals surface area contributed by atoms with Crippen molar-refractivity contribution in [3.05, 3.63) is 11.7 Å². The summed E-state index contributed by atoms with van der Waals surface area (Å²) in [6, 6.07) is -0.842. The van der Waals surface area contributed by atoms with Crippen LogP contribution in [0.5, 0.6) is 0 Å². The van der Waals surface area contributed by atoms with Gasteiger partial charge in [-0.25, -0.2) is 0 Å². The molecule has 1 saturated carbocycles. The van der Waals surface area contributed by atoms with Gasteiger partial charge in [0.25, 0.3) is 0 Å². The summed E-state index contributed by atoms with van der Waals surface area (Å²) in [5.74, 6) is 1.64. The van der Waals surface area contributed by atoms with E-state index in [1.807, 2.05) is 6.92 Å². The summed E-state index contributed by atoms with van der Waals surface area (Å²) in [6.07, 6.45) is 7.63. The van der Waals surface area contributed by atoms with Crippen molar-refractivity contribution in [3.63, 3.8) is 0 Å². The van der Waals surface area contributed by atoms with Gasteiger partial charge in [-0.1, -0.05) is 24.4 Å². The number of hydrogen-bond acceptors (Lipinski definition) is 6. The summed E-state index contributed by atoms with van der Waals surface area (Å²) < 4.78 is 10.7. The lowest BCUT2D eigenvalue weighted by molar-refractivity contribution is -0.125. The van der Waals surface area contributed by atoms with E-state index in [-0.39, 0.29) is 17.9 Å². The number of rotatable bonds is 5. The van der Waals surface area contributed by atoms with Crippen LogP contribution in [0.15, 0.2) is 4.52 Å².